The van der Waals surface area contributed by atoms with Gasteiger partial charge in [0.2, 0.25) is 0 Å². The third-order valence-corrected chi connectivity index (χ3v) is 18.6. The molecular formula is C60H64N2S3. The van der Waals surface area contributed by atoms with Gasteiger partial charge in [-0.3, -0.25) is 0 Å². The Morgan fingerprint density at radius 2 is 0.908 bits per heavy atom. The maximum atomic E-state index is 5.89. The van der Waals surface area contributed by atoms with Crippen LogP contribution in [0.5, 0.6) is 0 Å². The summed E-state index contributed by atoms with van der Waals surface area (Å²) in [6.45, 7) is 36.0. The maximum Gasteiger partial charge on any atom is 0.109 e. The van der Waals surface area contributed by atoms with Crippen molar-refractivity contribution in [2.24, 2.45) is 0 Å². The SMILES string of the molecule is CC.CC.Cc1c(C)c2cc(C(C)(C)C)sc2c2sc(-c3sc(C(C)(C)C)c4nc(-c5ccc6c(c5)C(C)(C)c5ccccc5-6)c(-c5ccc6c(c5)C(C)(C)c5ccccc5-6)nc34)cc12. The van der Waals surface area contributed by atoms with Gasteiger partial charge in [0.1, 0.15) is 11.0 Å². The van der Waals surface area contributed by atoms with E-state index in [-0.39, 0.29) is 21.7 Å². The lowest BCUT2D eigenvalue weighted by molar-refractivity contribution is 0.604. The summed E-state index contributed by atoms with van der Waals surface area (Å²) >= 11 is 5.80. The van der Waals surface area contributed by atoms with Crippen LogP contribution in [0.2, 0.25) is 0 Å². The molecule has 0 atom stereocenters. The van der Waals surface area contributed by atoms with E-state index in [1.165, 1.54) is 95.3 Å². The van der Waals surface area contributed by atoms with E-state index in [1.807, 2.05) is 61.7 Å². The smallest absolute Gasteiger partial charge is 0.109 e. The molecule has 0 bridgehead atoms. The summed E-state index contributed by atoms with van der Waals surface area (Å²) in [4.78, 5) is 16.9. The monoisotopic (exact) mass is 908 g/mol. The van der Waals surface area contributed by atoms with Crippen molar-refractivity contribution in [3.8, 4) is 54.5 Å². The summed E-state index contributed by atoms with van der Waals surface area (Å²) in [5, 5.41) is 2.76. The molecule has 4 heterocycles. The Morgan fingerprint density at radius 3 is 1.40 bits per heavy atom. The van der Waals surface area contributed by atoms with Crippen LogP contribution in [0.25, 0.3) is 85.7 Å². The highest BCUT2D eigenvalue weighted by atomic mass is 32.1. The Kier molecular flexibility index (Phi) is 11.0. The van der Waals surface area contributed by atoms with Crippen LogP contribution < -0.4 is 0 Å². The lowest BCUT2D eigenvalue weighted by Crippen LogP contribution is -2.15. The Balaban J connectivity index is 0.00000130. The van der Waals surface area contributed by atoms with Crippen molar-refractivity contribution in [2.45, 2.75) is 132 Å². The van der Waals surface area contributed by atoms with Crippen molar-refractivity contribution in [1.29, 1.82) is 0 Å². The van der Waals surface area contributed by atoms with Gasteiger partial charge in [0.05, 0.1) is 25.7 Å². The zero-order valence-electron chi connectivity index (χ0n) is 41.4. The first kappa shape index (κ1) is 45.2. The predicted octanol–water partition coefficient (Wildman–Crippen LogP) is 19.0. The molecule has 0 radical (unpaired) electrons. The summed E-state index contributed by atoms with van der Waals surface area (Å²) < 4.78 is 2.80. The van der Waals surface area contributed by atoms with Crippen molar-refractivity contribution in [3.05, 3.63) is 140 Å². The summed E-state index contributed by atoms with van der Waals surface area (Å²) in [5.74, 6) is 0. The Hall–Kier alpha value is -4.94. The van der Waals surface area contributed by atoms with Crippen molar-refractivity contribution in [2.75, 3.05) is 0 Å². The Labute approximate surface area is 399 Å². The lowest BCUT2D eigenvalue weighted by atomic mass is 9.81. The van der Waals surface area contributed by atoms with Crippen LogP contribution in [0.3, 0.4) is 0 Å². The van der Waals surface area contributed by atoms with Gasteiger partial charge in [-0.2, -0.15) is 0 Å². The molecule has 4 aromatic heterocycles. The number of aromatic nitrogens is 2. The number of aryl methyl sites for hydroxylation is 2. The molecule has 9 aromatic rings. The van der Waals surface area contributed by atoms with Crippen LogP contribution in [0.15, 0.2) is 97.1 Å². The zero-order valence-corrected chi connectivity index (χ0v) is 43.8. The van der Waals surface area contributed by atoms with Gasteiger partial charge in [0.15, 0.2) is 0 Å². The first-order valence-electron chi connectivity index (χ1n) is 23.7. The Morgan fingerprint density at radius 1 is 0.462 bits per heavy atom. The molecule has 0 unspecified atom stereocenters. The van der Waals surface area contributed by atoms with Crippen molar-refractivity contribution in [3.63, 3.8) is 0 Å². The number of hydrogen-bond acceptors (Lipinski definition) is 5. The van der Waals surface area contributed by atoms with Gasteiger partial charge in [-0.05, 0) is 115 Å². The van der Waals surface area contributed by atoms with Crippen LogP contribution in [-0.4, -0.2) is 9.97 Å². The van der Waals surface area contributed by atoms with E-state index in [1.54, 1.807) is 0 Å². The van der Waals surface area contributed by atoms with E-state index in [4.69, 9.17) is 9.97 Å². The second-order valence-corrected chi connectivity index (χ2v) is 23.8. The fourth-order valence-electron chi connectivity index (χ4n) is 10.3. The van der Waals surface area contributed by atoms with Gasteiger partial charge in [-0.25, -0.2) is 9.97 Å². The van der Waals surface area contributed by atoms with E-state index in [0.717, 1.165) is 33.5 Å². The summed E-state index contributed by atoms with van der Waals surface area (Å²) in [6.07, 6.45) is 0. The van der Waals surface area contributed by atoms with E-state index >= 15 is 0 Å². The Bertz CT molecular complexity index is 3350. The topological polar surface area (TPSA) is 25.8 Å². The molecule has 0 aliphatic heterocycles. The zero-order chi connectivity index (χ0) is 46.7. The van der Waals surface area contributed by atoms with Crippen LogP contribution in [0.1, 0.15) is 140 Å². The molecule has 5 heteroatoms. The first-order valence-corrected chi connectivity index (χ1v) is 26.1. The van der Waals surface area contributed by atoms with E-state index in [9.17, 15) is 0 Å². The molecule has 0 fully saturated rings. The molecule has 0 saturated heterocycles. The van der Waals surface area contributed by atoms with Gasteiger partial charge in [-0.1, -0.05) is 170 Å². The second-order valence-electron chi connectivity index (χ2n) is 20.7. The minimum absolute atomic E-state index is 0.0971. The molecule has 65 heavy (non-hydrogen) atoms. The molecule has 0 spiro atoms. The highest BCUT2D eigenvalue weighted by Crippen LogP contribution is 2.54. The minimum atomic E-state index is -0.136. The standard InChI is InChI=1S/C56H52N2S3.2C2H6/c1-29-30(2)38-28-44(53(3,4)5)60-50(38)49-37(29)27-43(59-49)51-47-48(52(61-51)54(6,7)8)58-46(32-22-24-36-34-18-14-16-20-40(34)56(11,12)42(36)26-32)45(57-47)31-21-23-35-33-17-13-15-19-39(33)55(9,10)41(35)25-31;2*1-2/h13-28H,1-12H3;2*1-2H3. The quantitative estimate of drug-likeness (QED) is 0.177. The molecule has 2 aliphatic carbocycles. The molecule has 2 nitrogen and oxygen atoms in total. The first-order chi connectivity index (χ1) is 30.8. The number of thiophene rings is 3. The molecular weight excluding hydrogens is 845 g/mol. The summed E-state index contributed by atoms with van der Waals surface area (Å²) in [6, 6.07) is 36.8. The minimum Gasteiger partial charge on any atom is -0.243 e. The second kappa shape index (κ2) is 15.9. The number of hydrogen-bond donors (Lipinski definition) is 0. The average Bonchev–Trinajstić information content (AvgIpc) is 4.11. The van der Waals surface area contributed by atoms with E-state index in [2.05, 4.69) is 180 Å². The molecule has 5 aromatic carbocycles. The van der Waals surface area contributed by atoms with Gasteiger partial charge in [-0.15, -0.1) is 34.0 Å². The number of nitrogens with zero attached hydrogens (tertiary/aromatic N) is 2. The molecule has 11 rings (SSSR count). The fraction of sp³-hybridized carbons (Fsp3) is 0.333. The average molecular weight is 909 g/mol. The number of rotatable bonds is 3. The number of fused-ring (bicyclic) bond motifs is 10. The van der Waals surface area contributed by atoms with Gasteiger partial charge < -0.3 is 0 Å². The third-order valence-electron chi connectivity index (χ3n) is 13.9. The highest BCUT2D eigenvalue weighted by Gasteiger charge is 2.38. The molecule has 2 aliphatic rings. The highest BCUT2D eigenvalue weighted by molar-refractivity contribution is 7.31. The fourth-order valence-corrected chi connectivity index (χ4v) is 14.3. The van der Waals surface area contributed by atoms with Crippen molar-refractivity contribution in [1.82, 2.24) is 9.97 Å². The maximum absolute atomic E-state index is 5.89. The molecule has 332 valence electrons. The molecule has 0 saturated carbocycles. The number of benzene rings is 5. The lowest BCUT2D eigenvalue weighted by Gasteiger charge is -2.23. The normalized spacial score (nSPS) is 14.4. The predicted molar refractivity (Wildman–Crippen MR) is 289 cm³/mol. The van der Waals surface area contributed by atoms with Crippen LogP contribution >= 0.6 is 34.0 Å². The summed E-state index contributed by atoms with van der Waals surface area (Å²) in [7, 11) is 0. The molecule has 0 amide bonds. The van der Waals surface area contributed by atoms with Gasteiger partial charge in [0, 0.05) is 36.6 Å². The van der Waals surface area contributed by atoms with E-state index in [0.29, 0.717) is 0 Å². The van der Waals surface area contributed by atoms with Crippen LogP contribution in [-0.2, 0) is 21.7 Å². The van der Waals surface area contributed by atoms with Crippen LogP contribution in [0.4, 0.5) is 0 Å². The molecule has 0 N–H and O–H groups in total. The van der Waals surface area contributed by atoms with E-state index < -0.39 is 0 Å². The van der Waals surface area contributed by atoms with Crippen LogP contribution in [0, 0.1) is 13.8 Å². The van der Waals surface area contributed by atoms with Crippen molar-refractivity contribution < 1.29 is 0 Å². The third kappa shape index (κ3) is 6.89. The summed E-state index contributed by atoms with van der Waals surface area (Å²) in [5.41, 5.74) is 19.3. The van der Waals surface area contributed by atoms with Gasteiger partial charge in [0.25, 0.3) is 0 Å². The van der Waals surface area contributed by atoms with Crippen molar-refractivity contribution >= 4 is 65.2 Å². The van der Waals surface area contributed by atoms with Gasteiger partial charge >= 0.3 is 0 Å². The largest absolute Gasteiger partial charge is 0.243 e.